The fourth-order valence-electron chi connectivity index (χ4n) is 6.21. The SMILES string of the molecule is COCCCC(OC1CN(C(=O)O)CCC1c1ccc(OCCCCOc2ccccc2C#N)cc1)c1ccc2c(c1)NC(=O)CC2. The number of unbranched alkanes of at least 4 members (excludes halogenated alkanes) is 1. The van der Waals surface area contributed by atoms with Gasteiger partial charge in [-0.25, -0.2) is 4.79 Å². The molecule has 5 rings (SSSR count). The van der Waals surface area contributed by atoms with E-state index < -0.39 is 6.09 Å². The number of ether oxygens (including phenoxy) is 4. The van der Waals surface area contributed by atoms with Gasteiger partial charge in [0.2, 0.25) is 5.91 Å². The smallest absolute Gasteiger partial charge is 0.407 e. The fraction of sp³-hybridized carbons (Fsp3) is 0.432. The van der Waals surface area contributed by atoms with Crippen LogP contribution in [0.3, 0.4) is 0 Å². The molecule has 0 saturated carbocycles. The number of amides is 2. The van der Waals surface area contributed by atoms with Gasteiger partial charge in [-0.3, -0.25) is 4.79 Å². The Labute approximate surface area is 276 Å². The molecule has 248 valence electrons. The predicted octanol–water partition coefficient (Wildman–Crippen LogP) is 6.70. The van der Waals surface area contributed by atoms with E-state index in [1.54, 1.807) is 19.2 Å². The third-order valence-corrected chi connectivity index (χ3v) is 8.77. The van der Waals surface area contributed by atoms with Crippen LogP contribution >= 0.6 is 0 Å². The van der Waals surface area contributed by atoms with Gasteiger partial charge in [0.25, 0.3) is 0 Å². The molecule has 0 radical (unpaired) electrons. The highest BCUT2D eigenvalue weighted by atomic mass is 16.5. The van der Waals surface area contributed by atoms with Crippen molar-refractivity contribution in [1.82, 2.24) is 4.90 Å². The number of piperidine rings is 1. The average Bonchev–Trinajstić information content (AvgIpc) is 3.09. The molecule has 0 spiro atoms. The van der Waals surface area contributed by atoms with E-state index in [1.165, 1.54) is 4.90 Å². The minimum absolute atomic E-state index is 0.00431. The topological polar surface area (TPSA) is 130 Å². The Bertz CT molecular complexity index is 1540. The van der Waals surface area contributed by atoms with E-state index in [2.05, 4.69) is 23.5 Å². The number of nitrogens with one attached hydrogen (secondary N) is 1. The molecular weight excluding hydrogens is 598 g/mol. The number of carboxylic acid groups (broad SMARTS) is 1. The molecule has 0 aromatic heterocycles. The first-order chi connectivity index (χ1) is 22.9. The highest BCUT2D eigenvalue weighted by molar-refractivity contribution is 5.94. The van der Waals surface area contributed by atoms with E-state index in [1.807, 2.05) is 42.5 Å². The van der Waals surface area contributed by atoms with Crippen LogP contribution in [0.5, 0.6) is 11.5 Å². The Morgan fingerprint density at radius 1 is 1.02 bits per heavy atom. The van der Waals surface area contributed by atoms with Gasteiger partial charge >= 0.3 is 6.09 Å². The van der Waals surface area contributed by atoms with Crippen molar-refractivity contribution in [2.45, 2.75) is 63.1 Å². The number of carbonyl (C=O) groups excluding carboxylic acids is 1. The number of carbonyl (C=O) groups is 2. The summed E-state index contributed by atoms with van der Waals surface area (Å²) < 4.78 is 23.9. The number of rotatable bonds is 15. The highest BCUT2D eigenvalue weighted by Crippen LogP contribution is 2.37. The van der Waals surface area contributed by atoms with Crippen molar-refractivity contribution < 1.29 is 33.6 Å². The van der Waals surface area contributed by atoms with E-state index in [9.17, 15) is 20.0 Å². The molecule has 10 nitrogen and oxygen atoms in total. The second-order valence-corrected chi connectivity index (χ2v) is 12.0. The zero-order valence-electron chi connectivity index (χ0n) is 26.9. The largest absolute Gasteiger partial charge is 0.494 e. The summed E-state index contributed by atoms with van der Waals surface area (Å²) in [4.78, 5) is 25.5. The summed E-state index contributed by atoms with van der Waals surface area (Å²) in [6, 6.07) is 23.5. The molecule has 2 amide bonds. The molecule has 3 unspecified atom stereocenters. The lowest BCUT2D eigenvalue weighted by atomic mass is 9.86. The van der Waals surface area contributed by atoms with E-state index in [0.29, 0.717) is 63.4 Å². The normalized spacial score (nSPS) is 18.0. The number of para-hydroxylation sites is 1. The molecule has 2 heterocycles. The van der Waals surface area contributed by atoms with Gasteiger partial charge in [0.15, 0.2) is 0 Å². The van der Waals surface area contributed by atoms with Crippen LogP contribution in [0.4, 0.5) is 10.5 Å². The predicted molar refractivity (Wildman–Crippen MR) is 177 cm³/mol. The number of benzene rings is 3. The first-order valence-electron chi connectivity index (χ1n) is 16.3. The first kappa shape index (κ1) is 33.8. The van der Waals surface area contributed by atoms with Crippen LogP contribution in [-0.2, 0) is 20.7 Å². The standard InChI is InChI=1S/C37H43N3O7/c1-44-20-6-9-34(28-11-10-27-14-17-36(41)39-32(27)23-28)47-35-25-40(37(42)43)19-18-31(35)26-12-15-30(16-13-26)45-21-4-5-22-46-33-8-3-2-7-29(33)24-38/h2-3,7-8,10-13,15-16,23,31,34-35H,4-6,9,14,17-22,25H2,1H3,(H,39,41)(H,42,43). The molecule has 0 bridgehead atoms. The van der Waals surface area contributed by atoms with Gasteiger partial charge in [-0.15, -0.1) is 0 Å². The molecule has 2 N–H and O–H groups in total. The summed E-state index contributed by atoms with van der Waals surface area (Å²) in [5.41, 5.74) is 4.48. The molecule has 47 heavy (non-hydrogen) atoms. The Balaban J connectivity index is 1.22. The number of nitriles is 1. The minimum Gasteiger partial charge on any atom is -0.494 e. The average molecular weight is 642 g/mol. The third-order valence-electron chi connectivity index (χ3n) is 8.77. The van der Waals surface area contributed by atoms with Gasteiger partial charge < -0.3 is 34.3 Å². The molecule has 3 aromatic rings. The first-order valence-corrected chi connectivity index (χ1v) is 16.3. The maximum absolute atomic E-state index is 12.1. The maximum Gasteiger partial charge on any atom is 0.407 e. The summed E-state index contributed by atoms with van der Waals surface area (Å²) >= 11 is 0. The van der Waals surface area contributed by atoms with Crippen molar-refractivity contribution in [3.05, 3.63) is 89.0 Å². The van der Waals surface area contributed by atoms with Crippen LogP contribution in [0.25, 0.3) is 0 Å². The summed E-state index contributed by atoms with van der Waals surface area (Å²) in [7, 11) is 1.67. The number of anilines is 1. The second kappa shape index (κ2) is 16.8. The minimum atomic E-state index is -0.951. The van der Waals surface area contributed by atoms with Gasteiger partial charge in [-0.05, 0) is 85.5 Å². The molecular formula is C37H43N3O7. The Morgan fingerprint density at radius 3 is 2.57 bits per heavy atom. The zero-order chi connectivity index (χ0) is 33.0. The van der Waals surface area contributed by atoms with Crippen molar-refractivity contribution >= 4 is 17.7 Å². The van der Waals surface area contributed by atoms with E-state index in [-0.39, 0.29) is 30.6 Å². The van der Waals surface area contributed by atoms with Crippen molar-refractivity contribution in [3.63, 3.8) is 0 Å². The van der Waals surface area contributed by atoms with Crippen LogP contribution in [0, 0.1) is 11.3 Å². The summed E-state index contributed by atoms with van der Waals surface area (Å²) in [5, 5.41) is 22.0. The van der Waals surface area contributed by atoms with Crippen molar-refractivity contribution in [2.24, 2.45) is 0 Å². The summed E-state index contributed by atoms with van der Waals surface area (Å²) in [6.45, 7) is 2.32. The molecule has 3 aromatic carbocycles. The van der Waals surface area contributed by atoms with E-state index in [0.717, 1.165) is 47.4 Å². The molecule has 2 aliphatic rings. The van der Waals surface area contributed by atoms with E-state index >= 15 is 0 Å². The lowest BCUT2D eigenvalue weighted by molar-refractivity contribution is -0.116. The second-order valence-electron chi connectivity index (χ2n) is 12.0. The van der Waals surface area contributed by atoms with Crippen molar-refractivity contribution in [1.29, 1.82) is 5.26 Å². The molecule has 1 saturated heterocycles. The number of fused-ring (bicyclic) bond motifs is 1. The Hall–Kier alpha value is -4.59. The molecule has 3 atom stereocenters. The summed E-state index contributed by atoms with van der Waals surface area (Å²) in [6.07, 6.45) is 3.28. The highest BCUT2D eigenvalue weighted by Gasteiger charge is 2.35. The quantitative estimate of drug-likeness (QED) is 0.175. The van der Waals surface area contributed by atoms with Gasteiger partial charge in [-0.1, -0.05) is 36.4 Å². The van der Waals surface area contributed by atoms with Gasteiger partial charge in [-0.2, -0.15) is 5.26 Å². The lowest BCUT2D eigenvalue weighted by Gasteiger charge is -2.39. The number of nitrogens with zero attached hydrogens (tertiary/aromatic N) is 2. The lowest BCUT2D eigenvalue weighted by Crippen LogP contribution is -2.46. The van der Waals surface area contributed by atoms with Gasteiger partial charge in [0.1, 0.15) is 17.6 Å². The Kier molecular flexibility index (Phi) is 12.1. The van der Waals surface area contributed by atoms with Gasteiger partial charge in [0.05, 0.1) is 37.5 Å². The molecule has 1 fully saturated rings. The molecule has 10 heteroatoms. The fourth-order valence-corrected chi connectivity index (χ4v) is 6.21. The third kappa shape index (κ3) is 9.24. The summed E-state index contributed by atoms with van der Waals surface area (Å²) in [5.74, 6) is 1.37. The number of hydrogen-bond donors (Lipinski definition) is 2. The number of aryl methyl sites for hydroxylation is 1. The van der Waals surface area contributed by atoms with Crippen LogP contribution < -0.4 is 14.8 Å². The van der Waals surface area contributed by atoms with Crippen LogP contribution in [0.1, 0.15) is 72.8 Å². The monoisotopic (exact) mass is 641 g/mol. The van der Waals surface area contributed by atoms with Crippen molar-refractivity contribution in [2.75, 3.05) is 45.3 Å². The van der Waals surface area contributed by atoms with Crippen LogP contribution in [-0.4, -0.2) is 68.1 Å². The number of likely N-dealkylation sites (tertiary alicyclic amines) is 1. The maximum atomic E-state index is 12.1. The molecule has 2 aliphatic heterocycles. The number of hydrogen-bond acceptors (Lipinski definition) is 7. The molecule has 0 aliphatic carbocycles. The van der Waals surface area contributed by atoms with Crippen LogP contribution in [0.15, 0.2) is 66.7 Å². The zero-order valence-corrected chi connectivity index (χ0v) is 26.9. The van der Waals surface area contributed by atoms with Gasteiger partial charge in [0, 0.05) is 38.3 Å². The van der Waals surface area contributed by atoms with Crippen LogP contribution in [0.2, 0.25) is 0 Å². The number of methoxy groups -OCH3 is 1. The van der Waals surface area contributed by atoms with Crippen molar-refractivity contribution in [3.8, 4) is 17.6 Å². The Morgan fingerprint density at radius 2 is 1.81 bits per heavy atom. The van der Waals surface area contributed by atoms with E-state index in [4.69, 9.17) is 18.9 Å².